The minimum atomic E-state index is -3.23. The molecular weight excluding hydrogens is 520 g/mol. The Labute approximate surface area is 192 Å². The summed E-state index contributed by atoms with van der Waals surface area (Å²) < 4.78 is 38.9. The standard InChI is InChI=1S/C20H24FN5O2S.HI/c1-14-5-4-6-19-25-18(12-26(14)19)11-24-20(22-2)23-10-16-9-17(21)8-7-15(16)13-29(3,27)28;/h4-9,12H,10-11,13H2,1-3H3,(H2,22,23,24);1H. The molecule has 0 spiro atoms. The Morgan fingerprint density at radius 1 is 1.17 bits per heavy atom. The molecule has 2 N–H and O–H groups in total. The van der Waals surface area contributed by atoms with Crippen LogP contribution in [0.25, 0.3) is 5.65 Å². The molecule has 30 heavy (non-hydrogen) atoms. The van der Waals surface area contributed by atoms with Gasteiger partial charge in [-0.3, -0.25) is 4.99 Å². The van der Waals surface area contributed by atoms with Gasteiger partial charge in [0, 0.05) is 31.7 Å². The van der Waals surface area contributed by atoms with Crippen LogP contribution in [0.4, 0.5) is 4.39 Å². The van der Waals surface area contributed by atoms with Gasteiger partial charge in [0.1, 0.15) is 11.5 Å². The highest BCUT2D eigenvalue weighted by molar-refractivity contribution is 14.0. The van der Waals surface area contributed by atoms with Gasteiger partial charge in [-0.05, 0) is 42.3 Å². The number of aliphatic imine (C=N–C) groups is 1. The van der Waals surface area contributed by atoms with E-state index >= 15 is 0 Å². The number of nitrogens with zero attached hydrogens (tertiary/aromatic N) is 3. The number of sulfone groups is 1. The summed E-state index contributed by atoms with van der Waals surface area (Å²) in [6, 6.07) is 10.0. The lowest BCUT2D eigenvalue weighted by atomic mass is 10.1. The minimum absolute atomic E-state index is 0. The summed E-state index contributed by atoms with van der Waals surface area (Å²) >= 11 is 0. The van der Waals surface area contributed by atoms with Crippen LogP contribution >= 0.6 is 24.0 Å². The summed E-state index contributed by atoms with van der Waals surface area (Å²) in [5.41, 5.74) is 3.95. The highest BCUT2D eigenvalue weighted by atomic mass is 127. The maximum atomic E-state index is 13.7. The van der Waals surface area contributed by atoms with E-state index in [1.807, 2.05) is 35.7 Å². The van der Waals surface area contributed by atoms with Gasteiger partial charge in [0.15, 0.2) is 15.8 Å². The van der Waals surface area contributed by atoms with E-state index < -0.39 is 15.7 Å². The molecule has 0 aliphatic heterocycles. The third-order valence-corrected chi connectivity index (χ3v) is 5.27. The molecule has 0 amide bonds. The topological polar surface area (TPSA) is 87.9 Å². The van der Waals surface area contributed by atoms with Crippen LogP contribution in [0.1, 0.15) is 22.5 Å². The Morgan fingerprint density at radius 2 is 1.90 bits per heavy atom. The second-order valence-electron chi connectivity index (χ2n) is 6.89. The first-order valence-electron chi connectivity index (χ1n) is 9.08. The number of fused-ring (bicyclic) bond motifs is 1. The zero-order chi connectivity index (χ0) is 21.0. The number of imidazole rings is 1. The van der Waals surface area contributed by atoms with Gasteiger partial charge in [0.2, 0.25) is 0 Å². The van der Waals surface area contributed by atoms with E-state index in [0.29, 0.717) is 23.6 Å². The van der Waals surface area contributed by atoms with Crippen molar-refractivity contribution in [1.29, 1.82) is 0 Å². The Kier molecular flexibility index (Phi) is 8.18. The number of hydrogen-bond acceptors (Lipinski definition) is 4. The van der Waals surface area contributed by atoms with E-state index in [0.717, 1.165) is 23.3 Å². The lowest BCUT2D eigenvalue weighted by Crippen LogP contribution is -2.36. The van der Waals surface area contributed by atoms with E-state index in [4.69, 9.17) is 0 Å². The van der Waals surface area contributed by atoms with Gasteiger partial charge in [-0.25, -0.2) is 17.8 Å². The van der Waals surface area contributed by atoms with Crippen molar-refractivity contribution in [2.75, 3.05) is 13.3 Å². The SMILES string of the molecule is CN=C(NCc1cn2c(C)cccc2n1)NCc1cc(F)ccc1CS(C)(=O)=O.I. The number of hydrogen-bond donors (Lipinski definition) is 2. The maximum Gasteiger partial charge on any atom is 0.191 e. The van der Waals surface area contributed by atoms with Gasteiger partial charge < -0.3 is 15.0 Å². The molecule has 2 aromatic heterocycles. The number of halogens is 2. The second-order valence-corrected chi connectivity index (χ2v) is 9.03. The Balaban J connectivity index is 0.00000320. The highest BCUT2D eigenvalue weighted by Crippen LogP contribution is 2.14. The van der Waals surface area contributed by atoms with Gasteiger partial charge in [-0.1, -0.05) is 12.1 Å². The molecule has 0 atom stereocenters. The van der Waals surface area contributed by atoms with E-state index in [9.17, 15) is 12.8 Å². The molecule has 0 aliphatic carbocycles. The predicted molar refractivity (Wildman–Crippen MR) is 127 cm³/mol. The van der Waals surface area contributed by atoms with Crippen LogP contribution < -0.4 is 10.6 Å². The van der Waals surface area contributed by atoms with Crippen LogP contribution in [0.3, 0.4) is 0 Å². The lowest BCUT2D eigenvalue weighted by molar-refractivity contribution is 0.599. The van der Waals surface area contributed by atoms with E-state index in [2.05, 4.69) is 20.6 Å². The van der Waals surface area contributed by atoms with Gasteiger partial charge in [-0.15, -0.1) is 24.0 Å². The summed E-state index contributed by atoms with van der Waals surface area (Å²) in [5.74, 6) is -0.0490. The molecule has 0 unspecified atom stereocenters. The van der Waals surface area contributed by atoms with Gasteiger partial charge in [0.05, 0.1) is 18.0 Å². The van der Waals surface area contributed by atoms with Crippen LogP contribution in [-0.4, -0.2) is 37.1 Å². The summed E-state index contributed by atoms with van der Waals surface area (Å²) in [6.07, 6.45) is 3.12. The largest absolute Gasteiger partial charge is 0.352 e. The molecule has 0 saturated carbocycles. The second kappa shape index (κ2) is 10.2. The summed E-state index contributed by atoms with van der Waals surface area (Å²) in [5, 5.41) is 6.27. The molecule has 3 aromatic rings. The number of aromatic nitrogens is 2. The van der Waals surface area contributed by atoms with E-state index in [1.165, 1.54) is 18.2 Å². The zero-order valence-corrected chi connectivity index (χ0v) is 20.2. The molecule has 10 heteroatoms. The minimum Gasteiger partial charge on any atom is -0.352 e. The smallest absolute Gasteiger partial charge is 0.191 e. The molecular formula is C20H25FIN5O2S. The summed E-state index contributed by atoms with van der Waals surface area (Å²) in [6.45, 7) is 2.71. The predicted octanol–water partition coefficient (Wildman–Crippen LogP) is 2.81. The summed E-state index contributed by atoms with van der Waals surface area (Å²) in [7, 11) is -1.59. The van der Waals surface area contributed by atoms with E-state index in [-0.39, 0.29) is 36.3 Å². The fourth-order valence-electron chi connectivity index (χ4n) is 3.04. The average Bonchev–Trinajstić information content (AvgIpc) is 3.07. The van der Waals surface area contributed by atoms with Crippen LogP contribution in [-0.2, 0) is 28.7 Å². The average molecular weight is 545 g/mol. The molecule has 0 aliphatic rings. The van der Waals surface area contributed by atoms with E-state index in [1.54, 1.807) is 7.05 Å². The fraction of sp³-hybridized carbons (Fsp3) is 0.300. The third kappa shape index (κ3) is 6.39. The van der Waals surface area contributed by atoms with Crippen LogP contribution in [0.5, 0.6) is 0 Å². The van der Waals surface area contributed by atoms with Crippen molar-refractivity contribution in [3.05, 3.63) is 70.9 Å². The monoisotopic (exact) mass is 545 g/mol. The highest BCUT2D eigenvalue weighted by Gasteiger charge is 2.11. The normalized spacial score (nSPS) is 11.9. The third-order valence-electron chi connectivity index (χ3n) is 4.44. The van der Waals surface area contributed by atoms with Crippen molar-refractivity contribution >= 4 is 45.4 Å². The number of aryl methyl sites for hydroxylation is 1. The number of guanidine groups is 1. The van der Waals surface area contributed by atoms with Crippen molar-refractivity contribution in [1.82, 2.24) is 20.0 Å². The Morgan fingerprint density at radius 3 is 2.57 bits per heavy atom. The Hall–Kier alpha value is -2.21. The first-order chi connectivity index (χ1) is 13.7. The number of pyridine rings is 1. The van der Waals surface area contributed by atoms with Gasteiger partial charge >= 0.3 is 0 Å². The van der Waals surface area contributed by atoms with Crippen molar-refractivity contribution < 1.29 is 12.8 Å². The fourth-order valence-corrected chi connectivity index (χ4v) is 3.89. The Bertz CT molecular complexity index is 1160. The van der Waals surface area contributed by atoms with Crippen molar-refractivity contribution in [2.24, 2.45) is 4.99 Å². The van der Waals surface area contributed by atoms with Gasteiger partial charge in [-0.2, -0.15) is 0 Å². The van der Waals surface area contributed by atoms with Crippen molar-refractivity contribution in [2.45, 2.75) is 25.8 Å². The number of benzene rings is 1. The first-order valence-corrected chi connectivity index (χ1v) is 11.1. The molecule has 3 rings (SSSR count). The van der Waals surface area contributed by atoms with Crippen molar-refractivity contribution in [3.8, 4) is 0 Å². The van der Waals surface area contributed by atoms with Gasteiger partial charge in [0.25, 0.3) is 0 Å². The molecule has 0 radical (unpaired) electrons. The maximum absolute atomic E-state index is 13.7. The molecule has 0 bridgehead atoms. The molecule has 0 fully saturated rings. The van der Waals surface area contributed by atoms with Crippen LogP contribution in [0.2, 0.25) is 0 Å². The number of rotatable bonds is 6. The molecule has 2 heterocycles. The zero-order valence-electron chi connectivity index (χ0n) is 17.0. The summed E-state index contributed by atoms with van der Waals surface area (Å²) in [4.78, 5) is 8.73. The molecule has 7 nitrogen and oxygen atoms in total. The number of nitrogens with one attached hydrogen (secondary N) is 2. The lowest BCUT2D eigenvalue weighted by Gasteiger charge is -2.14. The quantitative estimate of drug-likeness (QED) is 0.283. The molecule has 1 aromatic carbocycles. The first kappa shape index (κ1) is 24.1. The molecule has 162 valence electrons. The van der Waals surface area contributed by atoms with Crippen LogP contribution in [0, 0.1) is 12.7 Å². The molecule has 0 saturated heterocycles. The van der Waals surface area contributed by atoms with Crippen molar-refractivity contribution in [3.63, 3.8) is 0 Å². The van der Waals surface area contributed by atoms with Crippen LogP contribution in [0.15, 0.2) is 47.6 Å².